The van der Waals surface area contributed by atoms with Crippen LogP contribution in [-0.4, -0.2) is 82.4 Å². The van der Waals surface area contributed by atoms with Crippen molar-refractivity contribution >= 4 is 18.9 Å². The van der Waals surface area contributed by atoms with Gasteiger partial charge < -0.3 is 20.3 Å². The molecule has 208 valence electrons. The fourth-order valence-electron chi connectivity index (χ4n) is 5.43. The van der Waals surface area contributed by atoms with Crippen molar-refractivity contribution in [1.82, 2.24) is 15.1 Å². The van der Waals surface area contributed by atoms with Gasteiger partial charge in [-0.15, -0.1) is 0 Å². The Labute approximate surface area is 224 Å². The van der Waals surface area contributed by atoms with Crippen LogP contribution in [0.25, 0.3) is 0 Å². The summed E-state index contributed by atoms with van der Waals surface area (Å²) in [7, 11) is -1.71. The van der Waals surface area contributed by atoms with E-state index in [9.17, 15) is 33.7 Å². The van der Waals surface area contributed by atoms with Crippen LogP contribution >= 0.6 is 0 Å². The molecule has 2 aliphatic heterocycles. The predicted molar refractivity (Wildman–Crippen MR) is 140 cm³/mol. The number of rotatable bonds is 11. The van der Waals surface area contributed by atoms with Crippen LogP contribution in [0, 0.1) is 23.2 Å². The number of amides is 2. The Balaban J connectivity index is 1.51. The first-order valence-corrected chi connectivity index (χ1v) is 13.4. The van der Waals surface area contributed by atoms with Crippen LogP contribution in [0.15, 0.2) is 30.3 Å². The average molecular weight is 532 g/mol. The van der Waals surface area contributed by atoms with Crippen LogP contribution in [-0.2, 0) is 16.0 Å². The van der Waals surface area contributed by atoms with Crippen LogP contribution in [0.1, 0.15) is 57.9 Å². The lowest BCUT2D eigenvalue weighted by Crippen LogP contribution is -2.49. The van der Waals surface area contributed by atoms with E-state index in [0.717, 1.165) is 12.0 Å². The van der Waals surface area contributed by atoms with Gasteiger partial charge in [-0.2, -0.15) is 5.26 Å². The summed E-state index contributed by atoms with van der Waals surface area (Å²) in [5, 5.41) is 31.9. The van der Waals surface area contributed by atoms with Crippen LogP contribution < -0.4 is 5.32 Å². The molecule has 1 aromatic rings. The molecule has 8 nitrogen and oxygen atoms in total. The van der Waals surface area contributed by atoms with Crippen molar-refractivity contribution in [3.63, 3.8) is 0 Å². The summed E-state index contributed by atoms with van der Waals surface area (Å²) in [5.41, 5.74) is 0.315. The fraction of sp³-hybridized carbons (Fsp3) is 0.667. The Morgan fingerprint density at radius 2 is 1.97 bits per heavy atom. The van der Waals surface area contributed by atoms with Gasteiger partial charge in [-0.25, -0.2) is 8.78 Å². The number of hydrogen-bond acceptors (Lipinski definition) is 6. The molecule has 1 unspecified atom stereocenters. The predicted octanol–water partition coefficient (Wildman–Crippen LogP) is 2.39. The minimum Gasteiger partial charge on any atom is -0.426 e. The molecule has 2 heterocycles. The SMILES string of the molecule is CC(C)(CCC(C#N)C(=O)N1CCC[C@H](CC(=O)N[C@@H](Cc2ccccc2)B(O)O)C1)N1CCC(F)(F)C1. The first kappa shape index (κ1) is 30.0. The molecule has 2 fully saturated rings. The standard InChI is InChI=1S/C27H39BF2N4O4/c1-26(2,34-14-12-27(29,30)19-34)11-10-22(17-31)25(36)33-13-6-9-21(18-33)16-24(35)32-23(28(37)38)15-20-7-4-3-5-8-20/h3-5,7-8,21-23,37-38H,6,9-16,18-19H2,1-2H3,(H,32,35)/t21-,22?,23+/m1/s1. The highest BCUT2D eigenvalue weighted by Crippen LogP contribution is 2.34. The van der Waals surface area contributed by atoms with E-state index < -0.39 is 30.4 Å². The molecule has 11 heteroatoms. The molecule has 1 aromatic carbocycles. The van der Waals surface area contributed by atoms with E-state index in [0.29, 0.717) is 32.5 Å². The first-order valence-electron chi connectivity index (χ1n) is 13.4. The summed E-state index contributed by atoms with van der Waals surface area (Å²) < 4.78 is 27.4. The molecule has 2 saturated heterocycles. The van der Waals surface area contributed by atoms with Crippen LogP contribution in [0.5, 0.6) is 0 Å². The van der Waals surface area contributed by atoms with E-state index >= 15 is 0 Å². The molecule has 2 amide bonds. The zero-order chi connectivity index (χ0) is 27.9. The highest BCUT2D eigenvalue weighted by molar-refractivity contribution is 6.43. The summed E-state index contributed by atoms with van der Waals surface area (Å²) in [5.74, 6) is -5.14. The minimum absolute atomic E-state index is 0.108. The second-order valence-electron chi connectivity index (χ2n) is 11.3. The lowest BCUT2D eigenvalue weighted by atomic mass is 9.75. The van der Waals surface area contributed by atoms with Gasteiger partial charge >= 0.3 is 7.12 Å². The normalized spacial score (nSPS) is 21.4. The first-order chi connectivity index (χ1) is 17.9. The number of carbonyl (C=O) groups excluding carboxylic acids is 2. The van der Waals surface area contributed by atoms with Gasteiger partial charge in [-0.3, -0.25) is 14.5 Å². The van der Waals surface area contributed by atoms with E-state index in [1.165, 1.54) is 0 Å². The number of likely N-dealkylation sites (tertiary alicyclic amines) is 2. The summed E-state index contributed by atoms with van der Waals surface area (Å²) in [6, 6.07) is 11.3. The van der Waals surface area contributed by atoms with Gasteiger partial charge in [0.25, 0.3) is 5.92 Å². The molecular weight excluding hydrogens is 493 g/mol. The van der Waals surface area contributed by atoms with Gasteiger partial charge in [0, 0.05) is 38.0 Å². The molecule has 3 rings (SSSR count). The van der Waals surface area contributed by atoms with E-state index in [1.54, 1.807) is 9.80 Å². The molecule has 38 heavy (non-hydrogen) atoms. The van der Waals surface area contributed by atoms with Crippen LogP contribution in [0.2, 0.25) is 0 Å². The summed E-state index contributed by atoms with van der Waals surface area (Å²) in [4.78, 5) is 29.3. The summed E-state index contributed by atoms with van der Waals surface area (Å²) >= 11 is 0. The molecule has 0 aromatic heterocycles. The van der Waals surface area contributed by atoms with E-state index in [-0.39, 0.29) is 50.0 Å². The van der Waals surface area contributed by atoms with Crippen LogP contribution in [0.3, 0.4) is 0 Å². The number of halogens is 2. The Kier molecular flexibility index (Phi) is 10.3. The number of carbonyl (C=O) groups is 2. The third-order valence-electron chi connectivity index (χ3n) is 7.83. The van der Waals surface area contributed by atoms with Gasteiger partial charge in [0.15, 0.2) is 0 Å². The number of nitriles is 1. The summed E-state index contributed by atoms with van der Waals surface area (Å²) in [6.07, 6.45) is 2.40. The molecule has 0 saturated carbocycles. The topological polar surface area (TPSA) is 117 Å². The number of nitrogens with one attached hydrogen (secondary N) is 1. The Morgan fingerprint density at radius 1 is 1.26 bits per heavy atom. The smallest absolute Gasteiger partial charge is 0.426 e. The molecule has 0 aliphatic carbocycles. The fourth-order valence-corrected chi connectivity index (χ4v) is 5.43. The quantitative estimate of drug-likeness (QED) is 0.377. The van der Waals surface area contributed by atoms with Crippen LogP contribution in [0.4, 0.5) is 8.78 Å². The number of nitrogens with zero attached hydrogens (tertiary/aromatic N) is 3. The van der Waals surface area contributed by atoms with Crippen molar-refractivity contribution in [3.8, 4) is 6.07 Å². The van der Waals surface area contributed by atoms with Crippen molar-refractivity contribution in [1.29, 1.82) is 5.26 Å². The highest BCUT2D eigenvalue weighted by Gasteiger charge is 2.44. The van der Waals surface area contributed by atoms with Crippen molar-refractivity contribution < 1.29 is 28.4 Å². The van der Waals surface area contributed by atoms with E-state index in [1.807, 2.05) is 44.2 Å². The maximum Gasteiger partial charge on any atom is 0.475 e. The molecule has 0 bridgehead atoms. The molecule has 0 spiro atoms. The zero-order valence-corrected chi connectivity index (χ0v) is 22.3. The summed E-state index contributed by atoms with van der Waals surface area (Å²) in [6.45, 7) is 4.58. The molecule has 2 aliphatic rings. The molecule has 3 atom stereocenters. The maximum absolute atomic E-state index is 13.7. The van der Waals surface area contributed by atoms with Crippen molar-refractivity contribution in [3.05, 3.63) is 35.9 Å². The maximum atomic E-state index is 13.7. The molecule has 0 radical (unpaired) electrons. The molecule has 3 N–H and O–H groups in total. The van der Waals surface area contributed by atoms with Gasteiger partial charge in [0.1, 0.15) is 5.92 Å². The lowest BCUT2D eigenvalue weighted by molar-refractivity contribution is -0.137. The highest BCUT2D eigenvalue weighted by atomic mass is 19.3. The lowest BCUT2D eigenvalue weighted by Gasteiger charge is -2.37. The number of hydrogen-bond donors (Lipinski definition) is 3. The second-order valence-corrected chi connectivity index (χ2v) is 11.3. The van der Waals surface area contributed by atoms with Gasteiger partial charge in [0.05, 0.1) is 18.6 Å². The Hall–Kier alpha value is -2.55. The Bertz CT molecular complexity index is 989. The number of benzene rings is 1. The minimum atomic E-state index is -2.70. The second kappa shape index (κ2) is 13.0. The third-order valence-corrected chi connectivity index (χ3v) is 7.83. The van der Waals surface area contributed by atoms with Crippen molar-refractivity contribution in [2.45, 2.75) is 76.2 Å². The van der Waals surface area contributed by atoms with Gasteiger partial charge in [0.2, 0.25) is 11.8 Å². The largest absolute Gasteiger partial charge is 0.475 e. The third kappa shape index (κ3) is 8.48. The van der Waals surface area contributed by atoms with Gasteiger partial charge in [-0.05, 0) is 57.4 Å². The number of piperidine rings is 1. The van der Waals surface area contributed by atoms with Gasteiger partial charge in [-0.1, -0.05) is 30.3 Å². The zero-order valence-electron chi connectivity index (χ0n) is 22.3. The number of alkyl halides is 2. The van der Waals surface area contributed by atoms with Crippen molar-refractivity contribution in [2.24, 2.45) is 11.8 Å². The monoisotopic (exact) mass is 532 g/mol. The van der Waals surface area contributed by atoms with Crippen molar-refractivity contribution in [2.75, 3.05) is 26.2 Å². The van der Waals surface area contributed by atoms with E-state index in [4.69, 9.17) is 0 Å². The average Bonchev–Trinajstić information content (AvgIpc) is 3.25. The van der Waals surface area contributed by atoms with E-state index in [2.05, 4.69) is 11.4 Å². The Morgan fingerprint density at radius 3 is 2.58 bits per heavy atom. The molecular formula is C27H39BF2N4O4.